The van der Waals surface area contributed by atoms with Crippen LogP contribution < -0.4 is 10.0 Å². The van der Waals surface area contributed by atoms with Gasteiger partial charge in [-0.1, -0.05) is 18.2 Å². The lowest BCUT2D eigenvalue weighted by Gasteiger charge is -2.24. The van der Waals surface area contributed by atoms with E-state index < -0.39 is 21.7 Å². The molecule has 1 aliphatic rings. The third-order valence-corrected chi connectivity index (χ3v) is 6.38. The Labute approximate surface area is 206 Å². The summed E-state index contributed by atoms with van der Waals surface area (Å²) in [4.78, 5) is 13.8. The smallest absolute Gasteiger partial charge is 0.229 e. The molecule has 0 radical (unpaired) electrons. The monoisotopic (exact) mass is 514 g/mol. The highest BCUT2D eigenvalue weighted by Crippen LogP contribution is 2.31. The number of anilines is 2. The van der Waals surface area contributed by atoms with Gasteiger partial charge in [-0.2, -0.15) is 0 Å². The Balaban J connectivity index is 1.57. The summed E-state index contributed by atoms with van der Waals surface area (Å²) in [5.74, 6) is -0.653. The van der Waals surface area contributed by atoms with Crippen molar-refractivity contribution in [1.82, 2.24) is 19.5 Å². The fourth-order valence-electron chi connectivity index (χ4n) is 4.10. The van der Waals surface area contributed by atoms with Gasteiger partial charge in [-0.3, -0.25) is 9.29 Å². The number of hydrogen-bond donors (Lipinski definition) is 2. The van der Waals surface area contributed by atoms with Crippen LogP contribution in [0.5, 0.6) is 0 Å². The van der Waals surface area contributed by atoms with E-state index in [9.17, 15) is 17.2 Å². The van der Waals surface area contributed by atoms with Gasteiger partial charge >= 0.3 is 0 Å². The molecule has 3 heterocycles. The van der Waals surface area contributed by atoms with Gasteiger partial charge in [0.25, 0.3) is 0 Å². The van der Waals surface area contributed by atoms with Gasteiger partial charge in [-0.05, 0) is 37.5 Å². The van der Waals surface area contributed by atoms with Crippen molar-refractivity contribution in [1.29, 1.82) is 0 Å². The third kappa shape index (κ3) is 5.29. The topological polar surface area (TPSA) is 111 Å². The lowest BCUT2D eigenvalue weighted by atomic mass is 10.2. The van der Waals surface area contributed by atoms with Gasteiger partial charge in [-0.25, -0.2) is 32.2 Å². The van der Waals surface area contributed by atoms with Crippen LogP contribution in [0.1, 0.15) is 31.1 Å². The van der Waals surface area contributed by atoms with Crippen molar-refractivity contribution in [2.24, 2.45) is 0 Å². The largest absolute Gasteiger partial charge is 0.364 e. The van der Waals surface area contributed by atoms with Gasteiger partial charge in [-0.15, -0.1) is 0 Å². The van der Waals surface area contributed by atoms with E-state index in [2.05, 4.69) is 20.0 Å². The summed E-state index contributed by atoms with van der Waals surface area (Å²) < 4.78 is 61.2. The Morgan fingerprint density at radius 1 is 1.14 bits per heavy atom. The van der Waals surface area contributed by atoms with Crippen molar-refractivity contribution in [3.05, 3.63) is 66.0 Å². The highest BCUT2D eigenvalue weighted by Gasteiger charge is 2.22. The molecule has 0 spiro atoms. The molecule has 0 saturated carbocycles. The number of benzene rings is 2. The van der Waals surface area contributed by atoms with Crippen LogP contribution in [-0.4, -0.2) is 40.8 Å². The molecule has 2 aromatic heterocycles. The molecule has 0 bridgehead atoms. The molecule has 1 saturated heterocycles. The number of imidazole rings is 1. The number of hydrogen-bond acceptors (Lipinski definition) is 7. The first-order valence-corrected chi connectivity index (χ1v) is 13.3. The highest BCUT2D eigenvalue weighted by molar-refractivity contribution is 7.92. The zero-order chi connectivity index (χ0) is 25.3. The minimum absolute atomic E-state index is 0.0418. The summed E-state index contributed by atoms with van der Waals surface area (Å²) in [6, 6.07) is 10.1. The van der Waals surface area contributed by atoms with Gasteiger partial charge in [0, 0.05) is 36.0 Å². The van der Waals surface area contributed by atoms with E-state index in [-0.39, 0.29) is 18.3 Å². The number of rotatable bonds is 7. The Hall–Kier alpha value is -3.64. The van der Waals surface area contributed by atoms with Crippen LogP contribution in [0.2, 0.25) is 0 Å². The van der Waals surface area contributed by atoms with Crippen molar-refractivity contribution < 1.29 is 21.9 Å². The number of sulfonamides is 1. The van der Waals surface area contributed by atoms with Gasteiger partial charge in [0.15, 0.2) is 22.8 Å². The van der Waals surface area contributed by atoms with Gasteiger partial charge in [0.05, 0.1) is 12.6 Å². The normalized spacial score (nSPS) is 16.2. The van der Waals surface area contributed by atoms with E-state index >= 15 is 0 Å². The predicted molar refractivity (Wildman–Crippen MR) is 132 cm³/mol. The summed E-state index contributed by atoms with van der Waals surface area (Å²) in [7, 11) is -3.47. The molecule has 2 N–H and O–H groups in total. The molecule has 4 aromatic rings. The number of nitrogens with one attached hydrogen (secondary N) is 2. The summed E-state index contributed by atoms with van der Waals surface area (Å²) in [6.07, 6.45) is 5.29. The molecule has 188 valence electrons. The minimum atomic E-state index is -3.47. The number of halogens is 2. The summed E-state index contributed by atoms with van der Waals surface area (Å²) in [5, 5.41) is 3.10. The van der Waals surface area contributed by atoms with Crippen molar-refractivity contribution in [2.75, 3.05) is 22.9 Å². The lowest BCUT2D eigenvalue weighted by molar-refractivity contribution is -0.0298. The molecule has 1 unspecified atom stereocenters. The van der Waals surface area contributed by atoms with E-state index in [1.54, 1.807) is 30.6 Å². The van der Waals surface area contributed by atoms with Gasteiger partial charge in [0.2, 0.25) is 10.0 Å². The maximum Gasteiger partial charge on any atom is 0.229 e. The van der Waals surface area contributed by atoms with Crippen molar-refractivity contribution >= 4 is 32.7 Å². The van der Waals surface area contributed by atoms with Crippen molar-refractivity contribution in [3.63, 3.8) is 0 Å². The average molecular weight is 515 g/mol. The molecule has 2 aromatic carbocycles. The van der Waals surface area contributed by atoms with Crippen LogP contribution in [0.3, 0.4) is 0 Å². The standard InChI is InChI=1S/C24H24F2N6O3S/c1-36(33,34)31-18-6-4-5-15(11-18)22-29-23(27-13-16-8-9-17(25)12-19(16)26)21-24(30-22)32(14-28-21)20-7-2-3-10-35-20/h4-6,8-9,11-12,14,20,31H,2-3,7,10,13H2,1H3,(H,27,29,30). The first-order chi connectivity index (χ1) is 17.3. The number of fused-ring (bicyclic) bond motifs is 1. The molecule has 1 aliphatic heterocycles. The molecule has 0 amide bonds. The fraction of sp³-hybridized carbons (Fsp3) is 0.292. The summed E-state index contributed by atoms with van der Waals surface area (Å²) in [5.41, 5.74) is 2.19. The Bertz CT molecular complexity index is 1520. The molecular weight excluding hydrogens is 490 g/mol. The van der Waals surface area contributed by atoms with Crippen LogP contribution >= 0.6 is 0 Å². The molecule has 0 aliphatic carbocycles. The van der Waals surface area contributed by atoms with E-state index in [1.807, 2.05) is 4.57 Å². The quantitative estimate of drug-likeness (QED) is 0.375. The van der Waals surface area contributed by atoms with Crippen LogP contribution in [0, 0.1) is 11.6 Å². The van der Waals surface area contributed by atoms with Crippen molar-refractivity contribution in [3.8, 4) is 11.4 Å². The Morgan fingerprint density at radius 2 is 2.00 bits per heavy atom. The van der Waals surface area contributed by atoms with Gasteiger partial charge < -0.3 is 10.1 Å². The number of aromatic nitrogens is 4. The van der Waals surface area contributed by atoms with Crippen molar-refractivity contribution in [2.45, 2.75) is 32.0 Å². The molecule has 1 atom stereocenters. The highest BCUT2D eigenvalue weighted by atomic mass is 32.2. The van der Waals surface area contributed by atoms with E-state index in [0.29, 0.717) is 40.7 Å². The Kier molecular flexibility index (Phi) is 6.54. The van der Waals surface area contributed by atoms with Crippen LogP contribution in [0.25, 0.3) is 22.6 Å². The number of ether oxygens (including phenoxy) is 1. The van der Waals surface area contributed by atoms with E-state index in [4.69, 9.17) is 9.72 Å². The van der Waals surface area contributed by atoms with Gasteiger partial charge in [0.1, 0.15) is 17.9 Å². The molecule has 36 heavy (non-hydrogen) atoms. The fourth-order valence-corrected chi connectivity index (χ4v) is 4.66. The zero-order valence-corrected chi connectivity index (χ0v) is 20.2. The third-order valence-electron chi connectivity index (χ3n) is 5.77. The molecular formula is C24H24F2N6O3S. The lowest BCUT2D eigenvalue weighted by Crippen LogP contribution is -2.18. The predicted octanol–water partition coefficient (Wildman–Crippen LogP) is 4.45. The van der Waals surface area contributed by atoms with E-state index in [1.165, 1.54) is 12.1 Å². The van der Waals surface area contributed by atoms with Crippen LogP contribution in [0.15, 0.2) is 48.8 Å². The van der Waals surface area contributed by atoms with E-state index in [0.717, 1.165) is 31.6 Å². The second kappa shape index (κ2) is 9.78. The molecule has 1 fully saturated rings. The maximum absolute atomic E-state index is 14.2. The Morgan fingerprint density at radius 3 is 2.75 bits per heavy atom. The zero-order valence-electron chi connectivity index (χ0n) is 19.4. The van der Waals surface area contributed by atoms with Crippen LogP contribution in [0.4, 0.5) is 20.3 Å². The van der Waals surface area contributed by atoms with Crippen LogP contribution in [-0.2, 0) is 21.3 Å². The second-order valence-corrected chi connectivity index (χ2v) is 10.3. The number of nitrogens with zero attached hydrogens (tertiary/aromatic N) is 4. The molecule has 9 nitrogen and oxygen atoms in total. The first-order valence-electron chi connectivity index (χ1n) is 11.4. The molecule has 5 rings (SSSR count). The first kappa shape index (κ1) is 24.1. The summed E-state index contributed by atoms with van der Waals surface area (Å²) >= 11 is 0. The summed E-state index contributed by atoms with van der Waals surface area (Å²) in [6.45, 7) is 0.677. The maximum atomic E-state index is 14.2. The SMILES string of the molecule is CS(=O)(=O)Nc1cccc(-c2nc(NCc3ccc(F)cc3F)c3ncn(C4CCCCO4)c3n2)c1. The average Bonchev–Trinajstić information content (AvgIpc) is 3.27. The second-order valence-electron chi connectivity index (χ2n) is 8.59. The minimum Gasteiger partial charge on any atom is -0.364 e. The molecule has 12 heteroatoms.